The molecule has 0 fully saturated rings. The summed E-state index contributed by atoms with van der Waals surface area (Å²) in [6.07, 6.45) is 1.84. The molecule has 1 atom stereocenters. The van der Waals surface area contributed by atoms with Gasteiger partial charge >= 0.3 is 0 Å². The van der Waals surface area contributed by atoms with Crippen molar-refractivity contribution in [2.75, 3.05) is 7.11 Å². The van der Waals surface area contributed by atoms with Gasteiger partial charge in [0.2, 0.25) is 0 Å². The van der Waals surface area contributed by atoms with E-state index in [0.717, 1.165) is 12.8 Å². The Morgan fingerprint density at radius 1 is 1.11 bits per heavy atom. The van der Waals surface area contributed by atoms with Crippen LogP contribution >= 0.6 is 0 Å². The molecular weight excluding hydrogens is 236 g/mol. The summed E-state index contributed by atoms with van der Waals surface area (Å²) >= 11 is 0. The Hall–Kier alpha value is -0.900. The second kappa shape index (κ2) is 6.51. The van der Waals surface area contributed by atoms with Gasteiger partial charge in [-0.25, -0.2) is 0 Å². The molecular formula is C16H28N2O. The summed E-state index contributed by atoms with van der Waals surface area (Å²) in [4.78, 5) is 0. The number of ether oxygens (including phenoxy) is 1. The van der Waals surface area contributed by atoms with Crippen molar-refractivity contribution in [2.45, 2.75) is 59.1 Å². The Balaban J connectivity index is 3.34. The van der Waals surface area contributed by atoms with E-state index in [1.807, 2.05) is 0 Å². The zero-order valence-corrected chi connectivity index (χ0v) is 13.1. The van der Waals surface area contributed by atoms with Crippen molar-refractivity contribution in [3.05, 3.63) is 34.4 Å². The lowest BCUT2D eigenvalue weighted by Crippen LogP contribution is -2.47. The summed E-state index contributed by atoms with van der Waals surface area (Å²) in [6, 6.07) is 4.46. The van der Waals surface area contributed by atoms with Crippen molar-refractivity contribution in [3.8, 4) is 0 Å². The van der Waals surface area contributed by atoms with Gasteiger partial charge in [-0.1, -0.05) is 26.0 Å². The summed E-state index contributed by atoms with van der Waals surface area (Å²) in [5.41, 5.74) is 7.81. The average molecular weight is 264 g/mol. The molecule has 0 aliphatic rings. The van der Waals surface area contributed by atoms with E-state index >= 15 is 0 Å². The van der Waals surface area contributed by atoms with Crippen LogP contribution in [-0.4, -0.2) is 12.7 Å². The topological polar surface area (TPSA) is 47.3 Å². The highest BCUT2D eigenvalue weighted by Gasteiger charge is 2.37. The zero-order valence-electron chi connectivity index (χ0n) is 13.1. The first kappa shape index (κ1) is 16.2. The van der Waals surface area contributed by atoms with E-state index in [1.54, 1.807) is 7.11 Å². The van der Waals surface area contributed by atoms with Crippen molar-refractivity contribution >= 4 is 0 Å². The third-order valence-electron chi connectivity index (χ3n) is 4.49. The summed E-state index contributed by atoms with van der Waals surface area (Å²) in [7, 11) is 1.77. The predicted octanol–water partition coefficient (Wildman–Crippen LogP) is 3.32. The van der Waals surface area contributed by atoms with E-state index in [1.165, 1.54) is 22.3 Å². The molecule has 0 heterocycles. The Morgan fingerprint density at radius 2 is 1.63 bits per heavy atom. The second-order valence-corrected chi connectivity index (χ2v) is 5.37. The van der Waals surface area contributed by atoms with Crippen LogP contribution in [0.4, 0.5) is 0 Å². The maximum absolute atomic E-state index is 5.84. The standard InChI is InChI=1S/C16H28N2O/c1-7-16(8-2,19-6)15(18-17)14-10-12(4)11(3)9-13(14)5/h9-10,15,18H,7-8,17H2,1-6H3. The van der Waals surface area contributed by atoms with Gasteiger partial charge in [-0.15, -0.1) is 0 Å². The highest BCUT2D eigenvalue weighted by Crippen LogP contribution is 2.36. The molecule has 3 nitrogen and oxygen atoms in total. The average Bonchev–Trinajstić information content (AvgIpc) is 2.41. The molecule has 0 amide bonds. The van der Waals surface area contributed by atoms with Gasteiger partial charge in [0.1, 0.15) is 0 Å². The van der Waals surface area contributed by atoms with Gasteiger partial charge in [-0.3, -0.25) is 11.3 Å². The van der Waals surface area contributed by atoms with Crippen molar-refractivity contribution in [3.63, 3.8) is 0 Å². The number of methoxy groups -OCH3 is 1. The fourth-order valence-corrected chi connectivity index (χ4v) is 2.88. The maximum atomic E-state index is 5.84. The SMILES string of the molecule is CCC(CC)(OC)C(NN)c1cc(C)c(C)cc1C. The van der Waals surface area contributed by atoms with Crippen molar-refractivity contribution < 1.29 is 4.74 Å². The number of rotatable bonds is 6. The summed E-state index contributed by atoms with van der Waals surface area (Å²) in [5.74, 6) is 5.84. The second-order valence-electron chi connectivity index (χ2n) is 5.37. The Labute approximate surface area is 117 Å². The number of nitrogens with one attached hydrogen (secondary N) is 1. The van der Waals surface area contributed by atoms with Gasteiger partial charge in [0.15, 0.2) is 0 Å². The molecule has 1 aromatic rings. The van der Waals surface area contributed by atoms with Crippen molar-refractivity contribution in [1.29, 1.82) is 0 Å². The fourth-order valence-electron chi connectivity index (χ4n) is 2.88. The fraction of sp³-hybridized carbons (Fsp3) is 0.625. The summed E-state index contributed by atoms with van der Waals surface area (Å²) < 4.78 is 5.83. The number of hydrogen-bond acceptors (Lipinski definition) is 3. The number of aryl methyl sites for hydroxylation is 3. The highest BCUT2D eigenvalue weighted by molar-refractivity contribution is 5.39. The number of hydrazine groups is 1. The normalized spacial score (nSPS) is 13.6. The molecule has 1 rings (SSSR count). The number of hydrogen-bond donors (Lipinski definition) is 2. The minimum atomic E-state index is -0.263. The van der Waals surface area contributed by atoms with Gasteiger partial charge in [0, 0.05) is 7.11 Å². The largest absolute Gasteiger partial charge is 0.376 e. The Morgan fingerprint density at radius 3 is 2.05 bits per heavy atom. The molecule has 108 valence electrons. The van der Waals surface area contributed by atoms with Gasteiger partial charge in [-0.05, 0) is 55.9 Å². The molecule has 0 spiro atoms. The molecule has 0 aliphatic heterocycles. The van der Waals surface area contributed by atoms with Crippen LogP contribution in [0.15, 0.2) is 12.1 Å². The van der Waals surface area contributed by atoms with Crippen LogP contribution in [0, 0.1) is 20.8 Å². The van der Waals surface area contributed by atoms with E-state index in [2.05, 4.69) is 52.2 Å². The summed E-state index contributed by atoms with van der Waals surface area (Å²) in [6.45, 7) is 10.7. The van der Waals surface area contributed by atoms with E-state index in [9.17, 15) is 0 Å². The minimum Gasteiger partial charge on any atom is -0.376 e. The first-order valence-corrected chi connectivity index (χ1v) is 7.04. The Kier molecular flexibility index (Phi) is 5.53. The molecule has 3 heteroatoms. The molecule has 0 aliphatic carbocycles. The molecule has 19 heavy (non-hydrogen) atoms. The monoisotopic (exact) mass is 264 g/mol. The van der Waals surface area contributed by atoms with Gasteiger partial charge in [0.05, 0.1) is 11.6 Å². The molecule has 1 unspecified atom stereocenters. The minimum absolute atomic E-state index is 0.00630. The lowest BCUT2D eigenvalue weighted by atomic mass is 9.81. The van der Waals surface area contributed by atoms with Crippen LogP contribution < -0.4 is 11.3 Å². The van der Waals surface area contributed by atoms with E-state index < -0.39 is 0 Å². The van der Waals surface area contributed by atoms with Crippen LogP contribution in [0.1, 0.15) is 55.0 Å². The molecule has 0 saturated carbocycles. The van der Waals surface area contributed by atoms with Crippen LogP contribution in [0.25, 0.3) is 0 Å². The lowest BCUT2D eigenvalue weighted by molar-refractivity contribution is -0.0488. The first-order valence-electron chi connectivity index (χ1n) is 7.04. The third kappa shape index (κ3) is 2.99. The van der Waals surface area contributed by atoms with Crippen molar-refractivity contribution in [2.24, 2.45) is 5.84 Å². The molecule has 0 radical (unpaired) electrons. The quantitative estimate of drug-likeness (QED) is 0.612. The molecule has 0 aromatic heterocycles. The molecule has 1 aromatic carbocycles. The summed E-state index contributed by atoms with van der Waals surface area (Å²) in [5, 5.41) is 0. The van der Waals surface area contributed by atoms with Gasteiger partial charge in [0.25, 0.3) is 0 Å². The van der Waals surface area contributed by atoms with Gasteiger partial charge < -0.3 is 4.74 Å². The predicted molar refractivity (Wildman–Crippen MR) is 81.0 cm³/mol. The smallest absolute Gasteiger partial charge is 0.0880 e. The van der Waals surface area contributed by atoms with Crippen LogP contribution in [0.3, 0.4) is 0 Å². The first-order chi connectivity index (χ1) is 8.95. The molecule has 0 saturated heterocycles. The molecule has 3 N–H and O–H groups in total. The zero-order chi connectivity index (χ0) is 14.6. The third-order valence-corrected chi connectivity index (χ3v) is 4.49. The van der Waals surface area contributed by atoms with Crippen molar-refractivity contribution in [1.82, 2.24) is 5.43 Å². The van der Waals surface area contributed by atoms with E-state index in [-0.39, 0.29) is 11.6 Å². The van der Waals surface area contributed by atoms with Gasteiger partial charge in [-0.2, -0.15) is 0 Å². The van der Waals surface area contributed by atoms with E-state index in [0.29, 0.717) is 0 Å². The van der Waals surface area contributed by atoms with Crippen LogP contribution in [0.2, 0.25) is 0 Å². The van der Waals surface area contributed by atoms with Crippen LogP contribution in [0.5, 0.6) is 0 Å². The lowest BCUT2D eigenvalue weighted by Gasteiger charge is -2.39. The number of benzene rings is 1. The highest BCUT2D eigenvalue weighted by atomic mass is 16.5. The maximum Gasteiger partial charge on any atom is 0.0880 e. The van der Waals surface area contributed by atoms with Crippen LogP contribution in [-0.2, 0) is 4.74 Å². The molecule has 0 bridgehead atoms. The number of nitrogens with two attached hydrogens (primary N) is 1. The Bertz CT molecular complexity index is 417. The van der Waals surface area contributed by atoms with E-state index in [4.69, 9.17) is 10.6 Å².